The van der Waals surface area contributed by atoms with Gasteiger partial charge in [-0.25, -0.2) is 13.6 Å². The lowest BCUT2D eigenvalue weighted by Crippen LogP contribution is -2.26. The Morgan fingerprint density at radius 2 is 1.86 bits per heavy atom. The summed E-state index contributed by atoms with van der Waals surface area (Å²) in [6.07, 6.45) is -0.518. The lowest BCUT2D eigenvalue weighted by atomic mass is 10.1. The Bertz CT molecular complexity index is 647. The molecule has 2 N–H and O–H groups in total. The van der Waals surface area contributed by atoms with Crippen LogP contribution in [0.4, 0.5) is 13.6 Å². The first-order valence-electron chi connectivity index (χ1n) is 6.67. The molecule has 0 aromatic heterocycles. The van der Waals surface area contributed by atoms with E-state index in [-0.39, 0.29) is 25.1 Å². The lowest BCUT2D eigenvalue weighted by Gasteiger charge is -2.08. The molecule has 0 heterocycles. The van der Waals surface area contributed by atoms with Crippen LogP contribution in [-0.2, 0) is 17.8 Å². The summed E-state index contributed by atoms with van der Waals surface area (Å²) < 4.78 is 31.3. The Balaban J connectivity index is 1.76. The summed E-state index contributed by atoms with van der Waals surface area (Å²) in [6, 6.07) is 10.8. The number of ether oxygens (including phenoxy) is 1. The third kappa shape index (κ3) is 4.44. The fraction of sp³-hybridized carbons (Fsp3) is 0.188. The Hall–Kier alpha value is -2.63. The van der Waals surface area contributed by atoms with Crippen LogP contribution in [0.5, 0.6) is 5.75 Å². The van der Waals surface area contributed by atoms with E-state index in [4.69, 9.17) is 4.74 Å². The molecule has 2 rings (SSSR count). The van der Waals surface area contributed by atoms with Crippen LogP contribution in [-0.4, -0.2) is 17.7 Å². The fourth-order valence-electron chi connectivity index (χ4n) is 1.85. The number of amides is 1. The Morgan fingerprint density at radius 3 is 2.59 bits per heavy atom. The number of hydrogen-bond donors (Lipinski definition) is 2. The van der Waals surface area contributed by atoms with Crippen molar-refractivity contribution in [1.29, 1.82) is 0 Å². The number of rotatable bonds is 5. The van der Waals surface area contributed by atoms with E-state index in [9.17, 15) is 18.7 Å². The molecule has 0 saturated heterocycles. The lowest BCUT2D eigenvalue weighted by molar-refractivity contribution is 0.140. The smallest absolute Gasteiger partial charge is 0.407 e. The molecule has 1 amide bonds. The largest absolute Gasteiger partial charge is 0.505 e. The molecule has 22 heavy (non-hydrogen) atoms. The number of carbonyl (C=O) groups is 1. The summed E-state index contributed by atoms with van der Waals surface area (Å²) >= 11 is 0. The minimum atomic E-state index is -1.02. The molecule has 116 valence electrons. The van der Waals surface area contributed by atoms with Crippen molar-refractivity contribution in [3.8, 4) is 5.75 Å². The zero-order valence-corrected chi connectivity index (χ0v) is 11.7. The monoisotopic (exact) mass is 307 g/mol. The minimum Gasteiger partial charge on any atom is -0.505 e. The van der Waals surface area contributed by atoms with Crippen molar-refractivity contribution in [3.05, 3.63) is 65.2 Å². The van der Waals surface area contributed by atoms with Gasteiger partial charge in [-0.05, 0) is 23.6 Å². The van der Waals surface area contributed by atoms with E-state index in [1.807, 2.05) is 30.3 Å². The van der Waals surface area contributed by atoms with E-state index in [0.29, 0.717) is 6.07 Å². The van der Waals surface area contributed by atoms with Gasteiger partial charge in [0.15, 0.2) is 11.6 Å². The number of phenols is 1. The van der Waals surface area contributed by atoms with Gasteiger partial charge < -0.3 is 15.2 Å². The highest BCUT2D eigenvalue weighted by Gasteiger charge is 2.09. The van der Waals surface area contributed by atoms with Crippen molar-refractivity contribution in [1.82, 2.24) is 5.32 Å². The molecule has 6 heteroatoms. The SMILES string of the molecule is O=C(NCCc1cc(O)c(F)cc1F)OCc1ccccc1. The van der Waals surface area contributed by atoms with E-state index in [2.05, 4.69) is 5.32 Å². The Labute approximate surface area is 126 Å². The zero-order chi connectivity index (χ0) is 15.9. The summed E-state index contributed by atoms with van der Waals surface area (Å²) in [5.41, 5.74) is 0.967. The Kier molecular flexibility index (Phi) is 5.30. The van der Waals surface area contributed by atoms with Crippen molar-refractivity contribution in [2.75, 3.05) is 6.54 Å². The highest BCUT2D eigenvalue weighted by molar-refractivity contribution is 5.67. The van der Waals surface area contributed by atoms with Crippen LogP contribution in [0.2, 0.25) is 0 Å². The second-order valence-electron chi connectivity index (χ2n) is 4.63. The molecule has 0 fully saturated rings. The van der Waals surface area contributed by atoms with E-state index in [1.54, 1.807) is 0 Å². The molecular formula is C16H15F2NO3. The third-order valence-electron chi connectivity index (χ3n) is 2.99. The van der Waals surface area contributed by atoms with Gasteiger partial charge in [0, 0.05) is 12.6 Å². The van der Waals surface area contributed by atoms with E-state index in [1.165, 1.54) is 0 Å². The number of alkyl carbamates (subject to hydrolysis) is 1. The number of hydrogen-bond acceptors (Lipinski definition) is 3. The normalized spacial score (nSPS) is 10.3. The molecule has 0 atom stereocenters. The number of benzene rings is 2. The molecule has 0 aliphatic heterocycles. The molecule has 0 aliphatic rings. The van der Waals surface area contributed by atoms with Crippen molar-refractivity contribution in [2.24, 2.45) is 0 Å². The van der Waals surface area contributed by atoms with Crippen LogP contribution in [0.15, 0.2) is 42.5 Å². The molecule has 0 spiro atoms. The molecular weight excluding hydrogens is 292 g/mol. The number of nitrogens with one attached hydrogen (secondary N) is 1. The molecule has 0 saturated carbocycles. The maximum absolute atomic E-state index is 13.4. The molecule has 0 unspecified atom stereocenters. The standard InChI is InChI=1S/C16H15F2NO3/c17-13-9-14(18)15(20)8-12(13)6-7-19-16(21)22-10-11-4-2-1-3-5-11/h1-5,8-9,20H,6-7,10H2,(H,19,21). The topological polar surface area (TPSA) is 58.6 Å². The average molecular weight is 307 g/mol. The minimum absolute atomic E-state index is 0.107. The van der Waals surface area contributed by atoms with Crippen LogP contribution in [0, 0.1) is 11.6 Å². The van der Waals surface area contributed by atoms with Gasteiger partial charge in [0.05, 0.1) is 0 Å². The van der Waals surface area contributed by atoms with Gasteiger partial charge >= 0.3 is 6.09 Å². The Morgan fingerprint density at radius 1 is 1.14 bits per heavy atom. The van der Waals surface area contributed by atoms with Gasteiger partial charge in [-0.3, -0.25) is 0 Å². The molecule has 4 nitrogen and oxygen atoms in total. The van der Waals surface area contributed by atoms with Crippen molar-refractivity contribution >= 4 is 6.09 Å². The first-order valence-corrected chi connectivity index (χ1v) is 6.67. The van der Waals surface area contributed by atoms with Crippen molar-refractivity contribution < 1.29 is 23.4 Å². The van der Waals surface area contributed by atoms with E-state index >= 15 is 0 Å². The molecule has 2 aromatic carbocycles. The summed E-state index contributed by atoms with van der Waals surface area (Å²) in [5, 5.41) is 11.6. The maximum Gasteiger partial charge on any atom is 0.407 e. The van der Waals surface area contributed by atoms with Crippen LogP contribution in [0.25, 0.3) is 0 Å². The maximum atomic E-state index is 13.4. The first kappa shape index (κ1) is 15.8. The molecule has 2 aromatic rings. The fourth-order valence-corrected chi connectivity index (χ4v) is 1.85. The van der Waals surface area contributed by atoms with E-state index < -0.39 is 23.5 Å². The average Bonchev–Trinajstić information content (AvgIpc) is 2.51. The van der Waals surface area contributed by atoms with Crippen molar-refractivity contribution in [2.45, 2.75) is 13.0 Å². The van der Waals surface area contributed by atoms with Gasteiger partial charge in [0.1, 0.15) is 12.4 Å². The quantitative estimate of drug-likeness (QED) is 0.892. The molecule has 0 radical (unpaired) electrons. The highest BCUT2D eigenvalue weighted by atomic mass is 19.1. The molecule has 0 bridgehead atoms. The predicted octanol–water partition coefficient (Wildman–Crippen LogP) is 3.14. The second-order valence-corrected chi connectivity index (χ2v) is 4.63. The van der Waals surface area contributed by atoms with Gasteiger partial charge in [-0.15, -0.1) is 0 Å². The predicted molar refractivity (Wildman–Crippen MR) is 76.4 cm³/mol. The summed E-state index contributed by atoms with van der Waals surface area (Å²) in [6.45, 7) is 0.244. The van der Waals surface area contributed by atoms with Crippen LogP contribution in [0.3, 0.4) is 0 Å². The summed E-state index contributed by atoms with van der Waals surface area (Å²) in [4.78, 5) is 11.5. The second kappa shape index (κ2) is 7.40. The van der Waals surface area contributed by atoms with Gasteiger partial charge in [0.25, 0.3) is 0 Å². The van der Waals surface area contributed by atoms with Crippen molar-refractivity contribution in [3.63, 3.8) is 0 Å². The number of halogens is 2. The number of aromatic hydroxyl groups is 1. The van der Waals surface area contributed by atoms with Crippen LogP contribution in [0.1, 0.15) is 11.1 Å². The third-order valence-corrected chi connectivity index (χ3v) is 2.99. The van der Waals surface area contributed by atoms with Gasteiger partial charge in [-0.1, -0.05) is 30.3 Å². The molecule has 0 aliphatic carbocycles. The van der Waals surface area contributed by atoms with Gasteiger partial charge in [0.2, 0.25) is 0 Å². The van der Waals surface area contributed by atoms with E-state index in [0.717, 1.165) is 11.6 Å². The zero-order valence-electron chi connectivity index (χ0n) is 11.7. The number of phenolic OH excluding ortho intramolecular Hbond substituents is 1. The first-order chi connectivity index (χ1) is 10.6. The summed E-state index contributed by atoms with van der Waals surface area (Å²) in [5.74, 6) is -2.41. The van der Waals surface area contributed by atoms with Gasteiger partial charge in [-0.2, -0.15) is 0 Å². The highest BCUT2D eigenvalue weighted by Crippen LogP contribution is 2.20. The van der Waals surface area contributed by atoms with Crippen LogP contribution < -0.4 is 5.32 Å². The number of carbonyl (C=O) groups excluding carboxylic acids is 1. The van der Waals surface area contributed by atoms with Crippen LogP contribution >= 0.6 is 0 Å². The summed E-state index contributed by atoms with van der Waals surface area (Å²) in [7, 11) is 0.